The van der Waals surface area contributed by atoms with E-state index in [0.717, 1.165) is 22.6 Å². The molecule has 8 heteroatoms. The number of carbonyl (C=O) groups is 1. The molecule has 8 nitrogen and oxygen atoms in total. The predicted octanol–water partition coefficient (Wildman–Crippen LogP) is 4.55. The molecular weight excluding hydrogens is 456 g/mol. The second-order valence-corrected chi connectivity index (χ2v) is 8.93. The van der Waals surface area contributed by atoms with Crippen molar-refractivity contribution in [1.82, 2.24) is 20.2 Å². The summed E-state index contributed by atoms with van der Waals surface area (Å²) < 4.78 is 16.7. The largest absolute Gasteiger partial charge is 0.454 e. The Hall–Kier alpha value is -4.17. The summed E-state index contributed by atoms with van der Waals surface area (Å²) in [6.45, 7) is 6.64. The Morgan fingerprint density at radius 1 is 0.944 bits per heavy atom. The van der Waals surface area contributed by atoms with Gasteiger partial charge in [-0.05, 0) is 60.4 Å². The van der Waals surface area contributed by atoms with Crippen molar-refractivity contribution in [2.24, 2.45) is 0 Å². The van der Waals surface area contributed by atoms with Crippen LogP contribution in [-0.2, 0) is 26.2 Å². The lowest BCUT2D eigenvalue weighted by atomic mass is 10.0. The van der Waals surface area contributed by atoms with Crippen molar-refractivity contribution in [3.63, 3.8) is 0 Å². The van der Waals surface area contributed by atoms with Crippen molar-refractivity contribution in [1.29, 1.82) is 0 Å². The topological polar surface area (TPSA) is 89.7 Å². The normalized spacial score (nSPS) is 12.2. The highest BCUT2D eigenvalue weighted by atomic mass is 16.7. The molecular formula is C28H28N4O4. The van der Waals surface area contributed by atoms with E-state index in [1.54, 1.807) is 12.4 Å². The lowest BCUT2D eigenvalue weighted by Gasteiger charge is -2.22. The molecule has 0 saturated carbocycles. The van der Waals surface area contributed by atoms with Gasteiger partial charge in [0, 0.05) is 32.0 Å². The Morgan fingerprint density at radius 3 is 2.64 bits per heavy atom. The van der Waals surface area contributed by atoms with Crippen LogP contribution >= 0.6 is 0 Å². The number of oxazole rings is 1. The summed E-state index contributed by atoms with van der Waals surface area (Å²) in [6, 6.07) is 16.2. The molecule has 0 bridgehead atoms. The van der Waals surface area contributed by atoms with Crippen LogP contribution in [0.3, 0.4) is 0 Å². The van der Waals surface area contributed by atoms with Gasteiger partial charge in [0.2, 0.25) is 12.7 Å². The molecule has 0 unspecified atom stereocenters. The van der Waals surface area contributed by atoms with Crippen molar-refractivity contribution in [3.8, 4) is 11.5 Å². The van der Waals surface area contributed by atoms with E-state index in [4.69, 9.17) is 13.9 Å². The number of rotatable bonds is 9. The Bertz CT molecular complexity index is 1350. The molecule has 0 fully saturated rings. The van der Waals surface area contributed by atoms with Crippen LogP contribution in [0, 0.1) is 13.8 Å². The SMILES string of the molecule is Cc1ccc(C)c(CN(Cc2ccc3c(c2)OCO3)Cc2nc(C(=O)NCc3ccncc3)co2)c1. The first-order valence-corrected chi connectivity index (χ1v) is 11.8. The second-order valence-electron chi connectivity index (χ2n) is 8.93. The molecule has 0 spiro atoms. The first-order chi connectivity index (χ1) is 17.5. The van der Waals surface area contributed by atoms with Crippen LogP contribution < -0.4 is 14.8 Å². The summed E-state index contributed by atoms with van der Waals surface area (Å²) in [6.07, 6.45) is 4.80. The summed E-state index contributed by atoms with van der Waals surface area (Å²) in [5.74, 6) is 1.71. The maximum atomic E-state index is 12.6. The Labute approximate surface area is 209 Å². The third-order valence-corrected chi connectivity index (χ3v) is 6.09. The molecule has 5 rings (SSSR count). The minimum atomic E-state index is -0.279. The van der Waals surface area contributed by atoms with Gasteiger partial charge < -0.3 is 19.2 Å². The fraction of sp³-hybridized carbons (Fsp3) is 0.250. The van der Waals surface area contributed by atoms with Gasteiger partial charge in [-0.3, -0.25) is 14.7 Å². The Morgan fingerprint density at radius 2 is 1.78 bits per heavy atom. The quantitative estimate of drug-likeness (QED) is 0.373. The monoisotopic (exact) mass is 484 g/mol. The number of amides is 1. The number of nitrogens with zero attached hydrogens (tertiary/aromatic N) is 3. The first kappa shape index (κ1) is 23.6. The van der Waals surface area contributed by atoms with E-state index in [2.05, 4.69) is 52.2 Å². The zero-order valence-corrected chi connectivity index (χ0v) is 20.4. The van der Waals surface area contributed by atoms with E-state index in [0.29, 0.717) is 32.1 Å². The van der Waals surface area contributed by atoms with Gasteiger partial charge in [-0.2, -0.15) is 0 Å². The van der Waals surface area contributed by atoms with Crippen molar-refractivity contribution < 1.29 is 18.7 Å². The number of aryl methyl sites for hydroxylation is 2. The molecule has 2 aromatic carbocycles. The van der Waals surface area contributed by atoms with E-state index in [1.807, 2.05) is 30.3 Å². The lowest BCUT2D eigenvalue weighted by molar-refractivity contribution is 0.0945. The molecule has 0 atom stereocenters. The van der Waals surface area contributed by atoms with Gasteiger partial charge in [0.25, 0.3) is 5.91 Å². The number of hydrogen-bond donors (Lipinski definition) is 1. The van der Waals surface area contributed by atoms with E-state index in [1.165, 1.54) is 23.0 Å². The van der Waals surface area contributed by atoms with E-state index < -0.39 is 0 Å². The zero-order chi connectivity index (χ0) is 24.9. The van der Waals surface area contributed by atoms with Crippen LogP contribution in [0.15, 0.2) is 71.6 Å². The molecule has 36 heavy (non-hydrogen) atoms. The Kier molecular flexibility index (Phi) is 6.95. The van der Waals surface area contributed by atoms with Crippen LogP contribution in [-0.4, -0.2) is 27.6 Å². The average molecular weight is 485 g/mol. The molecule has 184 valence electrons. The van der Waals surface area contributed by atoms with Crippen LogP contribution in [0.25, 0.3) is 0 Å². The zero-order valence-electron chi connectivity index (χ0n) is 20.4. The van der Waals surface area contributed by atoms with Crippen molar-refractivity contribution in [2.45, 2.75) is 40.0 Å². The number of fused-ring (bicyclic) bond motifs is 1. The van der Waals surface area contributed by atoms with Gasteiger partial charge in [0.1, 0.15) is 6.26 Å². The standard InChI is InChI=1S/C28H28N4O4/c1-19-3-4-20(2)23(11-19)15-32(14-22-5-6-25-26(12-22)36-18-35-25)16-27-31-24(17-34-27)28(33)30-13-21-7-9-29-10-8-21/h3-12,17H,13-16,18H2,1-2H3,(H,30,33). The number of hydrogen-bond acceptors (Lipinski definition) is 7. The minimum absolute atomic E-state index is 0.243. The molecule has 1 amide bonds. The minimum Gasteiger partial charge on any atom is -0.454 e. The molecule has 2 aromatic heterocycles. The molecule has 0 radical (unpaired) electrons. The van der Waals surface area contributed by atoms with Crippen LogP contribution in [0.1, 0.15) is 44.2 Å². The Balaban J connectivity index is 1.31. The van der Waals surface area contributed by atoms with Gasteiger partial charge in [-0.15, -0.1) is 0 Å². The summed E-state index contributed by atoms with van der Waals surface area (Å²) in [5.41, 5.74) is 5.98. The van der Waals surface area contributed by atoms with Crippen molar-refractivity contribution >= 4 is 5.91 Å². The molecule has 1 aliphatic heterocycles. The van der Waals surface area contributed by atoms with E-state index in [-0.39, 0.29) is 18.4 Å². The third kappa shape index (κ3) is 5.72. The van der Waals surface area contributed by atoms with E-state index in [9.17, 15) is 4.79 Å². The predicted molar refractivity (Wildman–Crippen MR) is 133 cm³/mol. The van der Waals surface area contributed by atoms with Crippen LogP contribution in [0.4, 0.5) is 0 Å². The highest BCUT2D eigenvalue weighted by Crippen LogP contribution is 2.33. The summed E-state index contributed by atoms with van der Waals surface area (Å²) in [5, 5.41) is 2.87. The number of pyridine rings is 1. The van der Waals surface area contributed by atoms with E-state index >= 15 is 0 Å². The van der Waals surface area contributed by atoms with Crippen molar-refractivity contribution in [3.05, 3.63) is 107 Å². The summed E-state index contributed by atoms with van der Waals surface area (Å²) >= 11 is 0. The molecule has 1 N–H and O–H groups in total. The first-order valence-electron chi connectivity index (χ1n) is 11.8. The fourth-order valence-electron chi connectivity index (χ4n) is 4.13. The number of nitrogens with one attached hydrogen (secondary N) is 1. The lowest BCUT2D eigenvalue weighted by Crippen LogP contribution is -2.24. The van der Waals surface area contributed by atoms with Crippen LogP contribution in [0.2, 0.25) is 0 Å². The van der Waals surface area contributed by atoms with Gasteiger partial charge in [-0.1, -0.05) is 29.8 Å². The molecule has 3 heterocycles. The van der Waals surface area contributed by atoms with Gasteiger partial charge in [0.15, 0.2) is 17.2 Å². The van der Waals surface area contributed by atoms with Crippen LogP contribution in [0.5, 0.6) is 11.5 Å². The smallest absolute Gasteiger partial charge is 0.273 e. The molecule has 0 aliphatic carbocycles. The maximum Gasteiger partial charge on any atom is 0.273 e. The second kappa shape index (κ2) is 10.6. The van der Waals surface area contributed by atoms with Gasteiger partial charge >= 0.3 is 0 Å². The maximum absolute atomic E-state index is 12.6. The van der Waals surface area contributed by atoms with Gasteiger partial charge in [-0.25, -0.2) is 4.98 Å². The molecule has 0 saturated heterocycles. The molecule has 1 aliphatic rings. The highest BCUT2D eigenvalue weighted by molar-refractivity contribution is 5.91. The number of aromatic nitrogens is 2. The number of ether oxygens (including phenoxy) is 2. The summed E-state index contributed by atoms with van der Waals surface area (Å²) in [7, 11) is 0. The van der Waals surface area contributed by atoms with Crippen molar-refractivity contribution in [2.75, 3.05) is 6.79 Å². The average Bonchev–Trinajstić information content (AvgIpc) is 3.55. The fourth-order valence-corrected chi connectivity index (χ4v) is 4.13. The third-order valence-electron chi connectivity index (χ3n) is 6.09. The summed E-state index contributed by atoms with van der Waals surface area (Å²) in [4.78, 5) is 23.3. The highest BCUT2D eigenvalue weighted by Gasteiger charge is 2.18. The molecule has 4 aromatic rings. The van der Waals surface area contributed by atoms with Gasteiger partial charge in [0.05, 0.1) is 6.54 Å². The number of carbonyl (C=O) groups excluding carboxylic acids is 1. The number of benzene rings is 2.